The van der Waals surface area contributed by atoms with Gasteiger partial charge in [0.1, 0.15) is 5.65 Å². The van der Waals surface area contributed by atoms with Crippen molar-refractivity contribution in [3.8, 4) is 0 Å². The van der Waals surface area contributed by atoms with Crippen LogP contribution in [0.4, 0.5) is 0 Å². The second kappa shape index (κ2) is 5.49. The van der Waals surface area contributed by atoms with Gasteiger partial charge in [0.15, 0.2) is 0 Å². The summed E-state index contributed by atoms with van der Waals surface area (Å²) in [6.07, 6.45) is 5.99. The van der Waals surface area contributed by atoms with Crippen molar-refractivity contribution in [3.05, 3.63) is 36.3 Å². The van der Waals surface area contributed by atoms with Crippen LogP contribution in [0, 0.1) is 0 Å². The molecule has 0 atom stereocenters. The molecule has 3 rings (SSSR count). The van der Waals surface area contributed by atoms with E-state index in [0.717, 1.165) is 43.9 Å². The van der Waals surface area contributed by atoms with Crippen LogP contribution in [-0.2, 0) is 11.3 Å². The van der Waals surface area contributed by atoms with E-state index < -0.39 is 0 Å². The van der Waals surface area contributed by atoms with E-state index in [1.165, 1.54) is 0 Å². The fourth-order valence-electron chi connectivity index (χ4n) is 2.47. The number of pyridine rings is 1. The van der Waals surface area contributed by atoms with E-state index in [0.29, 0.717) is 5.88 Å². The molecule has 1 aliphatic heterocycles. The van der Waals surface area contributed by atoms with Crippen molar-refractivity contribution in [1.29, 1.82) is 0 Å². The number of hydrogen-bond acceptors (Lipinski definition) is 3. The number of ether oxygens (including phenoxy) is 1. The molecule has 0 radical (unpaired) electrons. The molecular formula is C14H18ClN3O. The molecule has 4 nitrogen and oxygen atoms in total. The van der Waals surface area contributed by atoms with Gasteiger partial charge in [0, 0.05) is 43.6 Å². The predicted molar refractivity (Wildman–Crippen MR) is 75.5 cm³/mol. The first-order chi connectivity index (χ1) is 9.31. The van der Waals surface area contributed by atoms with Crippen LogP contribution in [-0.4, -0.2) is 34.0 Å². The highest BCUT2D eigenvalue weighted by molar-refractivity contribution is 6.18. The second-order valence-corrected chi connectivity index (χ2v) is 5.35. The number of fused-ring (bicyclic) bond motifs is 1. The zero-order valence-corrected chi connectivity index (χ0v) is 11.6. The lowest BCUT2D eigenvalue weighted by Gasteiger charge is -2.36. The van der Waals surface area contributed by atoms with Crippen LogP contribution in [0.5, 0.6) is 0 Å². The first kappa shape index (κ1) is 12.9. The van der Waals surface area contributed by atoms with Crippen LogP contribution in [0.2, 0.25) is 0 Å². The maximum absolute atomic E-state index is 6.14. The SMILES string of the molecule is ClCC1(NCc2cn3ccccc3n2)CCOCC1. The Morgan fingerprint density at radius 1 is 1.37 bits per heavy atom. The molecule has 0 unspecified atom stereocenters. The summed E-state index contributed by atoms with van der Waals surface area (Å²) in [6, 6.07) is 6.01. The molecule has 0 bridgehead atoms. The number of imidazole rings is 1. The zero-order valence-electron chi connectivity index (χ0n) is 10.8. The second-order valence-electron chi connectivity index (χ2n) is 5.08. The maximum atomic E-state index is 6.14. The third-order valence-corrected chi connectivity index (χ3v) is 4.28. The normalized spacial score (nSPS) is 18.8. The molecule has 0 spiro atoms. The molecule has 2 aromatic rings. The average Bonchev–Trinajstić information content (AvgIpc) is 2.89. The van der Waals surface area contributed by atoms with Crippen LogP contribution in [0.1, 0.15) is 18.5 Å². The number of alkyl halides is 1. The maximum Gasteiger partial charge on any atom is 0.137 e. The van der Waals surface area contributed by atoms with Gasteiger partial charge < -0.3 is 14.5 Å². The number of rotatable bonds is 4. The lowest BCUT2D eigenvalue weighted by Crippen LogP contribution is -2.50. The molecule has 19 heavy (non-hydrogen) atoms. The number of aromatic nitrogens is 2. The largest absolute Gasteiger partial charge is 0.381 e. The van der Waals surface area contributed by atoms with Crippen molar-refractivity contribution in [2.75, 3.05) is 19.1 Å². The Kier molecular flexibility index (Phi) is 3.73. The average molecular weight is 280 g/mol. The molecule has 1 fully saturated rings. The van der Waals surface area contributed by atoms with E-state index in [2.05, 4.69) is 16.5 Å². The molecule has 0 amide bonds. The van der Waals surface area contributed by atoms with Crippen LogP contribution in [0.25, 0.3) is 5.65 Å². The van der Waals surface area contributed by atoms with Gasteiger partial charge in [0.05, 0.1) is 5.69 Å². The topological polar surface area (TPSA) is 38.6 Å². The van der Waals surface area contributed by atoms with Crippen molar-refractivity contribution in [2.45, 2.75) is 24.9 Å². The lowest BCUT2D eigenvalue weighted by molar-refractivity contribution is 0.0458. The van der Waals surface area contributed by atoms with E-state index in [9.17, 15) is 0 Å². The third kappa shape index (κ3) is 2.76. The minimum Gasteiger partial charge on any atom is -0.381 e. The molecule has 1 N–H and O–H groups in total. The predicted octanol–water partition coefficient (Wildman–Crippen LogP) is 2.21. The Morgan fingerprint density at radius 3 is 2.95 bits per heavy atom. The Hall–Kier alpha value is -1.10. The third-order valence-electron chi connectivity index (χ3n) is 3.76. The van der Waals surface area contributed by atoms with Gasteiger partial charge in [-0.05, 0) is 25.0 Å². The van der Waals surface area contributed by atoms with Crippen LogP contribution >= 0.6 is 11.6 Å². The summed E-state index contributed by atoms with van der Waals surface area (Å²) in [5.74, 6) is 0.615. The lowest BCUT2D eigenvalue weighted by atomic mass is 9.92. The molecule has 1 aliphatic rings. The fourth-order valence-corrected chi connectivity index (χ4v) is 2.83. The Bertz CT molecular complexity index is 515. The summed E-state index contributed by atoms with van der Waals surface area (Å²) < 4.78 is 7.44. The first-order valence-electron chi connectivity index (χ1n) is 6.63. The molecular weight excluding hydrogens is 262 g/mol. The highest BCUT2D eigenvalue weighted by Crippen LogP contribution is 2.22. The number of hydrogen-bond donors (Lipinski definition) is 1. The quantitative estimate of drug-likeness (QED) is 0.872. The summed E-state index contributed by atoms with van der Waals surface area (Å²) in [6.45, 7) is 2.31. The van der Waals surface area contributed by atoms with Crippen molar-refractivity contribution >= 4 is 17.2 Å². The minimum absolute atomic E-state index is 0.00436. The van der Waals surface area contributed by atoms with Gasteiger partial charge in [0.25, 0.3) is 0 Å². The molecule has 0 aliphatic carbocycles. The highest BCUT2D eigenvalue weighted by atomic mass is 35.5. The van der Waals surface area contributed by atoms with Crippen molar-refractivity contribution in [2.24, 2.45) is 0 Å². The summed E-state index contributed by atoms with van der Waals surface area (Å²) >= 11 is 6.14. The fraction of sp³-hybridized carbons (Fsp3) is 0.500. The van der Waals surface area contributed by atoms with Crippen LogP contribution in [0.15, 0.2) is 30.6 Å². The van der Waals surface area contributed by atoms with E-state index >= 15 is 0 Å². The summed E-state index contributed by atoms with van der Waals surface area (Å²) in [7, 11) is 0. The summed E-state index contributed by atoms with van der Waals surface area (Å²) in [5, 5.41) is 3.57. The first-order valence-corrected chi connectivity index (χ1v) is 7.16. The van der Waals surface area contributed by atoms with E-state index in [4.69, 9.17) is 16.3 Å². The standard InChI is InChI=1S/C14H18ClN3O/c15-11-14(4-7-19-8-5-14)16-9-12-10-18-6-2-1-3-13(18)17-12/h1-3,6,10,16H,4-5,7-9,11H2. The van der Waals surface area contributed by atoms with Gasteiger partial charge >= 0.3 is 0 Å². The van der Waals surface area contributed by atoms with Gasteiger partial charge in [-0.2, -0.15) is 0 Å². The molecule has 102 valence electrons. The molecule has 5 heteroatoms. The minimum atomic E-state index is -0.00436. The molecule has 2 aromatic heterocycles. The Balaban J connectivity index is 1.70. The van der Waals surface area contributed by atoms with Crippen LogP contribution < -0.4 is 5.32 Å². The number of nitrogens with zero attached hydrogens (tertiary/aromatic N) is 2. The Morgan fingerprint density at radius 2 is 2.21 bits per heavy atom. The van der Waals surface area contributed by atoms with Gasteiger partial charge in [0.2, 0.25) is 0 Å². The van der Waals surface area contributed by atoms with Gasteiger partial charge in [-0.1, -0.05) is 6.07 Å². The number of halogens is 1. The van der Waals surface area contributed by atoms with Gasteiger partial charge in [-0.3, -0.25) is 0 Å². The van der Waals surface area contributed by atoms with Crippen molar-refractivity contribution in [1.82, 2.24) is 14.7 Å². The van der Waals surface area contributed by atoms with E-state index in [1.54, 1.807) is 0 Å². The molecule has 0 aromatic carbocycles. The van der Waals surface area contributed by atoms with Crippen molar-refractivity contribution in [3.63, 3.8) is 0 Å². The monoisotopic (exact) mass is 279 g/mol. The Labute approximate surface area is 117 Å². The van der Waals surface area contributed by atoms with Gasteiger partial charge in [-0.25, -0.2) is 4.98 Å². The molecule has 3 heterocycles. The van der Waals surface area contributed by atoms with Gasteiger partial charge in [-0.15, -0.1) is 11.6 Å². The van der Waals surface area contributed by atoms with Crippen LogP contribution in [0.3, 0.4) is 0 Å². The molecule has 0 saturated carbocycles. The smallest absolute Gasteiger partial charge is 0.137 e. The highest BCUT2D eigenvalue weighted by Gasteiger charge is 2.31. The zero-order chi connectivity index (χ0) is 13.1. The number of nitrogens with one attached hydrogen (secondary N) is 1. The molecule has 1 saturated heterocycles. The summed E-state index contributed by atoms with van der Waals surface area (Å²) in [5.41, 5.74) is 2.02. The van der Waals surface area contributed by atoms with E-state index in [-0.39, 0.29) is 5.54 Å². The van der Waals surface area contributed by atoms with Crippen molar-refractivity contribution < 1.29 is 4.74 Å². The van der Waals surface area contributed by atoms with E-state index in [1.807, 2.05) is 28.8 Å². The summed E-state index contributed by atoms with van der Waals surface area (Å²) in [4.78, 5) is 4.59.